The van der Waals surface area contributed by atoms with E-state index in [1.807, 2.05) is 36.4 Å². The minimum Gasteiger partial charge on any atom is -0.492 e. The topological polar surface area (TPSA) is 40.3 Å². The van der Waals surface area contributed by atoms with Crippen molar-refractivity contribution in [1.82, 2.24) is 15.2 Å². The van der Waals surface area contributed by atoms with E-state index in [-0.39, 0.29) is 25.3 Å². The van der Waals surface area contributed by atoms with Crippen LogP contribution >= 0.6 is 0 Å². The average Bonchev–Trinajstić information content (AvgIpc) is 3.20. The van der Waals surface area contributed by atoms with Crippen LogP contribution in [0.1, 0.15) is 36.2 Å². The minimum atomic E-state index is -1.52. The van der Waals surface area contributed by atoms with Crippen LogP contribution in [0.25, 0.3) is 10.9 Å². The Kier molecular flexibility index (Phi) is 7.93. The number of halogens is 3. The normalized spacial score (nSPS) is 19.5. The number of benzene rings is 2. The number of aromatic amines is 1. The van der Waals surface area contributed by atoms with Crippen LogP contribution in [0.15, 0.2) is 48.5 Å². The maximum absolute atomic E-state index is 14.2. The third-order valence-electron chi connectivity index (χ3n) is 6.32. The second-order valence-electron chi connectivity index (χ2n) is 8.68. The predicted octanol–water partition coefficient (Wildman–Crippen LogP) is 5.14. The highest BCUT2D eigenvalue weighted by atomic mass is 19.2. The third-order valence-corrected chi connectivity index (χ3v) is 6.32. The number of rotatable bonds is 11. The molecule has 178 valence electrons. The molecule has 2 heterocycles. The summed E-state index contributed by atoms with van der Waals surface area (Å²) in [5.74, 6) is 0.741. The van der Waals surface area contributed by atoms with E-state index in [9.17, 15) is 13.2 Å². The summed E-state index contributed by atoms with van der Waals surface area (Å²) in [6, 6.07) is 15.9. The molecule has 1 unspecified atom stereocenters. The fourth-order valence-corrected chi connectivity index (χ4v) is 4.73. The predicted molar refractivity (Wildman–Crippen MR) is 126 cm³/mol. The SMILES string of the molecule is C[C@@H]1Cc2c([nH]c3ccccc23)[C@@H](c2ccc(OCCNCCCF)cc2)N1CC(F)CF. The summed E-state index contributed by atoms with van der Waals surface area (Å²) >= 11 is 0. The molecule has 2 aromatic carbocycles. The molecule has 0 aliphatic carbocycles. The van der Waals surface area contributed by atoms with Crippen LogP contribution in [0.2, 0.25) is 0 Å². The largest absolute Gasteiger partial charge is 0.492 e. The van der Waals surface area contributed by atoms with Gasteiger partial charge in [-0.2, -0.15) is 0 Å². The molecule has 33 heavy (non-hydrogen) atoms. The second kappa shape index (κ2) is 11.1. The molecule has 0 radical (unpaired) electrons. The quantitative estimate of drug-likeness (QED) is 0.390. The van der Waals surface area contributed by atoms with Gasteiger partial charge in [0.25, 0.3) is 0 Å². The summed E-state index contributed by atoms with van der Waals surface area (Å²) in [6.07, 6.45) is -0.234. The zero-order chi connectivity index (χ0) is 23.2. The number of hydrogen-bond acceptors (Lipinski definition) is 3. The van der Waals surface area contributed by atoms with Gasteiger partial charge >= 0.3 is 0 Å². The monoisotopic (exact) mass is 459 g/mol. The van der Waals surface area contributed by atoms with E-state index in [4.69, 9.17) is 4.74 Å². The molecule has 0 saturated heterocycles. The van der Waals surface area contributed by atoms with Gasteiger partial charge in [-0.25, -0.2) is 8.78 Å². The van der Waals surface area contributed by atoms with Crippen molar-refractivity contribution in [2.45, 2.75) is 38.0 Å². The van der Waals surface area contributed by atoms with Gasteiger partial charge in [0.15, 0.2) is 0 Å². The first-order chi connectivity index (χ1) is 16.1. The number of fused-ring (bicyclic) bond motifs is 3. The first kappa shape index (κ1) is 23.6. The number of hydrogen-bond donors (Lipinski definition) is 2. The van der Waals surface area contributed by atoms with Crippen molar-refractivity contribution in [3.05, 3.63) is 65.4 Å². The average molecular weight is 460 g/mol. The van der Waals surface area contributed by atoms with Gasteiger partial charge in [-0.15, -0.1) is 0 Å². The Morgan fingerprint density at radius 1 is 1.12 bits per heavy atom. The maximum atomic E-state index is 14.2. The van der Waals surface area contributed by atoms with Crippen molar-refractivity contribution in [2.24, 2.45) is 0 Å². The Bertz CT molecular complexity index is 1020. The van der Waals surface area contributed by atoms with Gasteiger partial charge < -0.3 is 15.0 Å². The highest BCUT2D eigenvalue weighted by Crippen LogP contribution is 2.41. The molecular formula is C26H32F3N3O. The summed E-state index contributed by atoms with van der Waals surface area (Å²) < 4.78 is 45.2. The van der Waals surface area contributed by atoms with Crippen LogP contribution in [0.3, 0.4) is 0 Å². The number of nitrogens with one attached hydrogen (secondary N) is 2. The van der Waals surface area contributed by atoms with E-state index in [0.717, 1.165) is 28.9 Å². The number of ether oxygens (including phenoxy) is 1. The standard InChI is InChI=1S/C26H32F3N3O/c1-18-15-23-22-5-2-3-6-24(22)31-25(23)26(32(18)17-20(29)16-28)19-7-9-21(10-8-19)33-14-13-30-12-4-11-27/h2-3,5-10,18,20,26,30-31H,4,11-17H2,1H3/t18-,20?,26-/m1/s1. The zero-order valence-corrected chi connectivity index (χ0v) is 19.0. The van der Waals surface area contributed by atoms with Gasteiger partial charge in [0, 0.05) is 35.7 Å². The maximum Gasteiger partial charge on any atom is 0.141 e. The van der Waals surface area contributed by atoms with E-state index in [0.29, 0.717) is 26.1 Å². The molecule has 0 saturated carbocycles. The van der Waals surface area contributed by atoms with Crippen molar-refractivity contribution in [3.8, 4) is 5.75 Å². The number of nitrogens with zero attached hydrogens (tertiary/aromatic N) is 1. The van der Waals surface area contributed by atoms with Crippen LogP contribution in [0.5, 0.6) is 5.75 Å². The molecule has 1 aliphatic heterocycles. The molecule has 7 heteroatoms. The van der Waals surface area contributed by atoms with E-state index < -0.39 is 12.8 Å². The van der Waals surface area contributed by atoms with E-state index >= 15 is 0 Å². The zero-order valence-electron chi connectivity index (χ0n) is 19.0. The summed E-state index contributed by atoms with van der Waals surface area (Å²) in [6.45, 7) is 2.59. The molecular weight excluding hydrogens is 427 g/mol. The Balaban J connectivity index is 1.57. The van der Waals surface area contributed by atoms with Crippen molar-refractivity contribution < 1.29 is 17.9 Å². The van der Waals surface area contributed by atoms with Gasteiger partial charge in [-0.05, 0) is 55.6 Å². The number of H-pyrrole nitrogens is 1. The number of alkyl halides is 3. The van der Waals surface area contributed by atoms with E-state index in [2.05, 4.69) is 34.3 Å². The highest BCUT2D eigenvalue weighted by Gasteiger charge is 2.36. The summed E-state index contributed by atoms with van der Waals surface area (Å²) in [5, 5.41) is 4.32. The molecule has 1 aromatic heterocycles. The molecule has 0 amide bonds. The molecule has 2 N–H and O–H groups in total. The summed E-state index contributed by atoms with van der Waals surface area (Å²) in [4.78, 5) is 5.62. The van der Waals surface area contributed by atoms with Gasteiger partial charge in [-0.1, -0.05) is 30.3 Å². The molecule has 0 fully saturated rings. The molecule has 3 aromatic rings. The van der Waals surface area contributed by atoms with Gasteiger partial charge in [0.1, 0.15) is 25.2 Å². The lowest BCUT2D eigenvalue weighted by Crippen LogP contribution is -2.45. The first-order valence-corrected chi connectivity index (χ1v) is 11.7. The molecule has 0 bridgehead atoms. The number of para-hydroxylation sites is 1. The Morgan fingerprint density at radius 3 is 2.67 bits per heavy atom. The fraction of sp³-hybridized carbons (Fsp3) is 0.462. The van der Waals surface area contributed by atoms with Crippen LogP contribution in [0.4, 0.5) is 13.2 Å². The second-order valence-corrected chi connectivity index (χ2v) is 8.68. The Hall–Kier alpha value is -2.51. The van der Waals surface area contributed by atoms with Gasteiger partial charge in [0.2, 0.25) is 0 Å². The minimum absolute atomic E-state index is 0.0416. The van der Waals surface area contributed by atoms with Crippen molar-refractivity contribution >= 4 is 10.9 Å². The molecule has 4 rings (SSSR count). The van der Waals surface area contributed by atoms with Crippen molar-refractivity contribution in [2.75, 3.05) is 39.6 Å². The lowest BCUT2D eigenvalue weighted by atomic mass is 9.88. The van der Waals surface area contributed by atoms with E-state index in [1.54, 1.807) is 0 Å². The molecule has 4 nitrogen and oxygen atoms in total. The van der Waals surface area contributed by atoms with Crippen LogP contribution in [0, 0.1) is 0 Å². The number of aromatic nitrogens is 1. The van der Waals surface area contributed by atoms with Crippen LogP contribution in [-0.4, -0.2) is 61.7 Å². The van der Waals surface area contributed by atoms with E-state index in [1.165, 1.54) is 10.9 Å². The van der Waals surface area contributed by atoms with Gasteiger partial charge in [-0.3, -0.25) is 9.29 Å². The highest BCUT2D eigenvalue weighted by molar-refractivity contribution is 5.85. The Morgan fingerprint density at radius 2 is 1.91 bits per heavy atom. The first-order valence-electron chi connectivity index (χ1n) is 11.7. The fourth-order valence-electron chi connectivity index (χ4n) is 4.73. The molecule has 1 aliphatic rings. The summed E-state index contributed by atoms with van der Waals surface area (Å²) in [7, 11) is 0. The van der Waals surface area contributed by atoms with Crippen molar-refractivity contribution in [1.29, 1.82) is 0 Å². The smallest absolute Gasteiger partial charge is 0.141 e. The van der Waals surface area contributed by atoms with Gasteiger partial charge in [0.05, 0.1) is 12.7 Å². The van der Waals surface area contributed by atoms with Crippen molar-refractivity contribution in [3.63, 3.8) is 0 Å². The Labute approximate surface area is 193 Å². The lowest BCUT2D eigenvalue weighted by molar-refractivity contribution is 0.0956. The van der Waals surface area contributed by atoms with Crippen LogP contribution < -0.4 is 10.1 Å². The van der Waals surface area contributed by atoms with Crippen LogP contribution in [-0.2, 0) is 6.42 Å². The lowest BCUT2D eigenvalue weighted by Gasteiger charge is -2.41. The third kappa shape index (κ3) is 5.36. The summed E-state index contributed by atoms with van der Waals surface area (Å²) in [5.41, 5.74) is 4.36. The molecule has 3 atom stereocenters. The molecule has 0 spiro atoms.